The summed E-state index contributed by atoms with van der Waals surface area (Å²) in [6.45, 7) is 2.14. The van der Waals surface area contributed by atoms with Crippen LogP contribution < -0.4 is 10.9 Å². The van der Waals surface area contributed by atoms with Crippen LogP contribution in [0.3, 0.4) is 0 Å². The highest BCUT2D eigenvalue weighted by molar-refractivity contribution is 5.84. The van der Waals surface area contributed by atoms with Crippen molar-refractivity contribution in [3.05, 3.63) is 86.7 Å². The van der Waals surface area contributed by atoms with Crippen molar-refractivity contribution in [3.8, 4) is 11.3 Å². The molecule has 1 N–H and O–H groups in total. The number of rotatable bonds is 6. The van der Waals surface area contributed by atoms with Crippen LogP contribution in [0.25, 0.3) is 11.3 Å². The van der Waals surface area contributed by atoms with E-state index in [2.05, 4.69) is 10.4 Å². The number of amides is 1. The van der Waals surface area contributed by atoms with Gasteiger partial charge in [-0.3, -0.25) is 20.2 Å². The molecule has 148 valence electrons. The maximum absolute atomic E-state index is 12.2. The third-order valence-corrected chi connectivity index (χ3v) is 4.00. The first-order valence-electron chi connectivity index (χ1n) is 8.82. The van der Waals surface area contributed by atoms with Crippen molar-refractivity contribution in [1.29, 1.82) is 0 Å². The molecule has 0 atom stereocenters. The molecule has 9 heteroatoms. The number of nitrogens with zero attached hydrogens (tertiary/aromatic N) is 3. The average molecular weight is 394 g/mol. The second-order valence-electron chi connectivity index (χ2n) is 6.07. The Morgan fingerprint density at radius 2 is 1.97 bits per heavy atom. The highest BCUT2D eigenvalue weighted by Gasteiger charge is 2.10. The molecule has 3 rings (SSSR count). The first-order valence-corrected chi connectivity index (χ1v) is 8.82. The van der Waals surface area contributed by atoms with E-state index in [4.69, 9.17) is 4.74 Å². The Morgan fingerprint density at radius 1 is 1.17 bits per heavy atom. The summed E-state index contributed by atoms with van der Waals surface area (Å²) in [5, 5.41) is 17.9. The number of hydrogen-bond acceptors (Lipinski definition) is 6. The molecule has 0 aliphatic rings. The predicted molar refractivity (Wildman–Crippen MR) is 107 cm³/mol. The van der Waals surface area contributed by atoms with Crippen LogP contribution in [-0.2, 0) is 11.3 Å². The van der Waals surface area contributed by atoms with Gasteiger partial charge in [0.05, 0.1) is 23.8 Å². The van der Waals surface area contributed by atoms with Gasteiger partial charge in [-0.15, -0.1) is 0 Å². The number of non-ortho nitro benzene ring substituents is 1. The molecule has 0 unspecified atom stereocenters. The van der Waals surface area contributed by atoms with E-state index in [1.165, 1.54) is 28.9 Å². The molecule has 0 aliphatic carbocycles. The highest BCUT2D eigenvalue weighted by Crippen LogP contribution is 2.21. The monoisotopic (exact) mass is 394 g/mol. The molecule has 1 heterocycles. The summed E-state index contributed by atoms with van der Waals surface area (Å²) in [6.07, 6.45) is -0.562. The van der Waals surface area contributed by atoms with Gasteiger partial charge in [-0.2, -0.15) is 5.10 Å². The summed E-state index contributed by atoms with van der Waals surface area (Å²) in [4.78, 5) is 34.3. The number of carbonyl (C=O) groups excluding carboxylic acids is 1. The van der Waals surface area contributed by atoms with Crippen LogP contribution in [-0.4, -0.2) is 27.4 Å². The number of nitro groups is 1. The highest BCUT2D eigenvalue weighted by atomic mass is 16.6. The van der Waals surface area contributed by atoms with Gasteiger partial charge in [0.15, 0.2) is 0 Å². The van der Waals surface area contributed by atoms with Crippen molar-refractivity contribution in [2.24, 2.45) is 0 Å². The van der Waals surface area contributed by atoms with Crippen molar-refractivity contribution >= 4 is 17.5 Å². The lowest BCUT2D eigenvalue weighted by atomic mass is 10.1. The Kier molecular flexibility index (Phi) is 5.98. The SMILES string of the molecule is CCOC(=O)Nc1cccc(Cn2nc(-c3cccc([N+](=O)[O-])c3)ccc2=O)c1. The van der Waals surface area contributed by atoms with E-state index in [0.717, 1.165) is 5.56 Å². The molecule has 0 bridgehead atoms. The largest absolute Gasteiger partial charge is 0.450 e. The van der Waals surface area contributed by atoms with Gasteiger partial charge in [0.1, 0.15) is 0 Å². The Morgan fingerprint density at radius 3 is 2.72 bits per heavy atom. The van der Waals surface area contributed by atoms with Crippen LogP contribution >= 0.6 is 0 Å². The summed E-state index contributed by atoms with van der Waals surface area (Å²) in [6, 6.07) is 15.9. The van der Waals surface area contributed by atoms with Gasteiger partial charge in [0, 0.05) is 29.4 Å². The Balaban J connectivity index is 1.86. The Bertz CT molecular complexity index is 1110. The molecule has 1 aromatic heterocycles. The maximum atomic E-state index is 12.2. The van der Waals surface area contributed by atoms with Crippen LogP contribution in [0.1, 0.15) is 12.5 Å². The van der Waals surface area contributed by atoms with Crippen LogP contribution in [0.4, 0.5) is 16.2 Å². The fourth-order valence-electron chi connectivity index (χ4n) is 2.70. The summed E-state index contributed by atoms with van der Waals surface area (Å²) >= 11 is 0. The first kappa shape index (κ1) is 19.7. The van der Waals surface area contributed by atoms with Crippen LogP contribution in [0.15, 0.2) is 65.5 Å². The number of benzene rings is 2. The third-order valence-electron chi connectivity index (χ3n) is 4.00. The molecule has 0 spiro atoms. The zero-order chi connectivity index (χ0) is 20.8. The minimum Gasteiger partial charge on any atom is -0.450 e. The molecule has 3 aromatic rings. The van der Waals surface area contributed by atoms with Crippen molar-refractivity contribution in [1.82, 2.24) is 9.78 Å². The van der Waals surface area contributed by atoms with Crippen LogP contribution in [0.2, 0.25) is 0 Å². The van der Waals surface area contributed by atoms with Gasteiger partial charge in [-0.25, -0.2) is 9.48 Å². The number of aromatic nitrogens is 2. The van der Waals surface area contributed by atoms with Gasteiger partial charge in [-0.05, 0) is 30.7 Å². The van der Waals surface area contributed by atoms with E-state index in [0.29, 0.717) is 16.9 Å². The first-order chi connectivity index (χ1) is 14.0. The van der Waals surface area contributed by atoms with E-state index in [-0.39, 0.29) is 24.4 Å². The lowest BCUT2D eigenvalue weighted by Gasteiger charge is -2.10. The molecule has 9 nitrogen and oxygen atoms in total. The van der Waals surface area contributed by atoms with Crippen molar-refractivity contribution in [2.75, 3.05) is 11.9 Å². The summed E-state index contributed by atoms with van der Waals surface area (Å²) < 4.78 is 6.11. The standard InChI is InChI=1S/C20H18N4O5/c1-2-29-20(26)21-16-7-3-5-14(11-16)13-23-19(25)10-9-18(22-23)15-6-4-8-17(12-15)24(27)28/h3-12H,2,13H2,1H3,(H,21,26). The van der Waals surface area contributed by atoms with E-state index in [9.17, 15) is 19.7 Å². The zero-order valence-corrected chi connectivity index (χ0v) is 15.6. The van der Waals surface area contributed by atoms with Gasteiger partial charge in [0.25, 0.3) is 11.2 Å². The lowest BCUT2D eigenvalue weighted by molar-refractivity contribution is -0.384. The smallest absolute Gasteiger partial charge is 0.411 e. The van der Waals surface area contributed by atoms with Gasteiger partial charge >= 0.3 is 6.09 Å². The minimum atomic E-state index is -0.562. The quantitative estimate of drug-likeness (QED) is 0.506. The number of ether oxygens (including phenoxy) is 1. The van der Waals surface area contributed by atoms with Crippen molar-refractivity contribution < 1.29 is 14.5 Å². The van der Waals surface area contributed by atoms with Gasteiger partial charge < -0.3 is 4.74 Å². The van der Waals surface area contributed by atoms with Crippen LogP contribution in [0.5, 0.6) is 0 Å². The Labute approximate surface area is 165 Å². The number of nitro benzene ring substituents is 1. The normalized spacial score (nSPS) is 10.4. The molecule has 0 saturated heterocycles. The number of carbonyl (C=O) groups is 1. The summed E-state index contributed by atoms with van der Waals surface area (Å²) in [5.74, 6) is 0. The van der Waals surface area contributed by atoms with Gasteiger partial charge in [-0.1, -0.05) is 24.3 Å². The zero-order valence-electron chi connectivity index (χ0n) is 15.6. The predicted octanol–water partition coefficient (Wildman–Crippen LogP) is 3.44. The van der Waals surface area contributed by atoms with Crippen molar-refractivity contribution in [2.45, 2.75) is 13.5 Å². The summed E-state index contributed by atoms with van der Waals surface area (Å²) in [7, 11) is 0. The fraction of sp³-hybridized carbons (Fsp3) is 0.150. The fourth-order valence-corrected chi connectivity index (χ4v) is 2.70. The van der Waals surface area contributed by atoms with E-state index < -0.39 is 11.0 Å². The van der Waals surface area contributed by atoms with Crippen molar-refractivity contribution in [3.63, 3.8) is 0 Å². The molecule has 2 aromatic carbocycles. The topological polar surface area (TPSA) is 116 Å². The molecular formula is C20H18N4O5. The summed E-state index contributed by atoms with van der Waals surface area (Å²) in [5.41, 5.74) is 1.87. The third kappa shape index (κ3) is 5.04. The molecule has 0 fully saturated rings. The van der Waals surface area contributed by atoms with E-state index in [1.54, 1.807) is 43.3 Å². The minimum absolute atomic E-state index is 0.0557. The van der Waals surface area contributed by atoms with E-state index in [1.807, 2.05) is 0 Å². The molecule has 0 aliphatic heterocycles. The number of anilines is 1. The molecule has 1 amide bonds. The van der Waals surface area contributed by atoms with Gasteiger partial charge in [0.2, 0.25) is 0 Å². The van der Waals surface area contributed by atoms with E-state index >= 15 is 0 Å². The second kappa shape index (κ2) is 8.79. The Hall–Kier alpha value is -4.01. The molecular weight excluding hydrogens is 376 g/mol. The maximum Gasteiger partial charge on any atom is 0.411 e. The van der Waals surface area contributed by atoms with Crippen LogP contribution in [0, 0.1) is 10.1 Å². The average Bonchev–Trinajstić information content (AvgIpc) is 2.70. The second-order valence-corrected chi connectivity index (χ2v) is 6.07. The molecule has 0 radical (unpaired) electrons. The molecule has 0 saturated carbocycles. The lowest BCUT2D eigenvalue weighted by Crippen LogP contribution is -2.23. The molecule has 29 heavy (non-hydrogen) atoms. The number of nitrogens with one attached hydrogen (secondary N) is 1. The number of hydrogen-bond donors (Lipinski definition) is 1.